The first kappa shape index (κ1) is 32.8. The van der Waals surface area contributed by atoms with Crippen molar-refractivity contribution in [3.63, 3.8) is 0 Å². The number of rotatable bonds is 12. The Kier molecular flexibility index (Phi) is 9.31. The molecule has 2 amide bonds. The number of pyridine rings is 1. The molecular formula is C32H30F4N4O5S. The minimum atomic E-state index is -5.35. The first-order valence-corrected chi connectivity index (χ1v) is 15.1. The normalized spacial score (nSPS) is 14.4. The summed E-state index contributed by atoms with van der Waals surface area (Å²) in [6.45, 7) is 2.15. The zero-order valence-electron chi connectivity index (χ0n) is 24.8. The van der Waals surface area contributed by atoms with E-state index in [0.717, 1.165) is 36.0 Å². The summed E-state index contributed by atoms with van der Waals surface area (Å²) in [5.74, 6) is -1.92. The van der Waals surface area contributed by atoms with Crippen LogP contribution in [0, 0.1) is 12.7 Å². The van der Waals surface area contributed by atoms with Crippen molar-refractivity contribution in [3.8, 4) is 33.2 Å². The van der Waals surface area contributed by atoms with E-state index in [2.05, 4.69) is 15.3 Å². The fraction of sp³-hybridized carbons (Fsp3) is 0.312. The van der Waals surface area contributed by atoms with Crippen molar-refractivity contribution in [3.05, 3.63) is 82.4 Å². The lowest BCUT2D eigenvalue weighted by Crippen LogP contribution is -2.51. The maximum absolute atomic E-state index is 14.7. The first-order valence-electron chi connectivity index (χ1n) is 14.3. The number of primary amides is 1. The van der Waals surface area contributed by atoms with E-state index in [1.165, 1.54) is 35.6 Å². The summed E-state index contributed by atoms with van der Waals surface area (Å²) in [4.78, 5) is 34.3. The lowest BCUT2D eigenvalue weighted by molar-refractivity contribution is -0.265. The molecule has 2 aromatic heterocycles. The van der Waals surface area contributed by atoms with Gasteiger partial charge in [-0.3, -0.25) is 9.59 Å². The average molecular weight is 659 g/mol. The second kappa shape index (κ2) is 13.0. The molecular weight excluding hydrogens is 628 g/mol. The Bertz CT molecular complexity index is 1760. The van der Waals surface area contributed by atoms with Gasteiger partial charge in [-0.2, -0.15) is 13.2 Å². The van der Waals surface area contributed by atoms with Crippen molar-refractivity contribution >= 4 is 23.2 Å². The Morgan fingerprint density at radius 2 is 1.85 bits per heavy atom. The Balaban J connectivity index is 1.52. The zero-order valence-corrected chi connectivity index (χ0v) is 25.6. The number of nitrogens with two attached hydrogens (primary N) is 1. The Morgan fingerprint density at radius 1 is 1.13 bits per heavy atom. The standard InChI is InChI=1S/C32H30F4N4O5S/c1-3-44-29-20(14-27(37)41)13-26(40-28(29)18-4-7-21(33)8-5-18)31(43,32(34,35)36)16-39-30(42)19-6-11-24(45-22-9-10-22)23(12-19)25-15-38-17(2)46-25/h4-8,11-13,15,22,43H,3,9-10,14,16H2,1-2H3,(H2,37,41)(H,39,42)/t31-/m0/s1. The number of hydrogen-bond acceptors (Lipinski definition) is 8. The third-order valence-electron chi connectivity index (χ3n) is 7.16. The van der Waals surface area contributed by atoms with E-state index in [4.69, 9.17) is 15.2 Å². The Morgan fingerprint density at radius 3 is 2.43 bits per heavy atom. The molecule has 0 unspecified atom stereocenters. The molecule has 1 atom stereocenters. The molecule has 1 aliphatic carbocycles. The van der Waals surface area contributed by atoms with E-state index in [-0.39, 0.29) is 40.8 Å². The quantitative estimate of drug-likeness (QED) is 0.172. The maximum Gasteiger partial charge on any atom is 0.424 e. The largest absolute Gasteiger partial charge is 0.491 e. The molecule has 4 N–H and O–H groups in total. The number of benzene rings is 2. The fourth-order valence-corrected chi connectivity index (χ4v) is 5.49. The van der Waals surface area contributed by atoms with Gasteiger partial charge >= 0.3 is 6.18 Å². The van der Waals surface area contributed by atoms with E-state index >= 15 is 0 Å². The highest BCUT2D eigenvalue weighted by atomic mass is 32.1. The van der Waals surface area contributed by atoms with Crippen LogP contribution < -0.4 is 20.5 Å². The summed E-state index contributed by atoms with van der Waals surface area (Å²) in [5.41, 5.74) is 1.22. The Hall–Kier alpha value is -4.56. The highest BCUT2D eigenvalue weighted by Gasteiger charge is 2.56. The summed E-state index contributed by atoms with van der Waals surface area (Å²) < 4.78 is 69.4. The van der Waals surface area contributed by atoms with E-state index in [1.54, 1.807) is 19.2 Å². The van der Waals surface area contributed by atoms with E-state index < -0.39 is 48.1 Å². The smallest absolute Gasteiger partial charge is 0.424 e. The van der Waals surface area contributed by atoms with E-state index in [1.807, 2.05) is 6.92 Å². The summed E-state index contributed by atoms with van der Waals surface area (Å²) in [6, 6.07) is 10.1. The predicted octanol–water partition coefficient (Wildman–Crippen LogP) is 5.47. The zero-order chi connectivity index (χ0) is 33.2. The number of hydrogen-bond donors (Lipinski definition) is 3. The van der Waals surface area contributed by atoms with Crippen LogP contribution in [0.1, 0.15) is 46.4 Å². The van der Waals surface area contributed by atoms with Crippen LogP contribution >= 0.6 is 11.3 Å². The Labute approximate surface area is 265 Å². The number of aliphatic hydroxyl groups is 1. The number of nitrogens with one attached hydrogen (secondary N) is 1. The van der Waals surface area contributed by atoms with Gasteiger partial charge in [-0.05, 0) is 75.2 Å². The number of halogens is 4. The lowest BCUT2D eigenvalue weighted by atomic mass is 9.93. The summed E-state index contributed by atoms with van der Waals surface area (Å²) in [7, 11) is 0. The van der Waals surface area contributed by atoms with Gasteiger partial charge in [0, 0.05) is 28.5 Å². The van der Waals surface area contributed by atoms with Crippen molar-refractivity contribution in [2.24, 2.45) is 5.73 Å². The van der Waals surface area contributed by atoms with Gasteiger partial charge in [0.15, 0.2) is 0 Å². The molecule has 5 rings (SSSR count). The molecule has 1 fully saturated rings. The second-order valence-electron chi connectivity index (χ2n) is 10.7. The number of aryl methyl sites for hydroxylation is 1. The van der Waals surface area contributed by atoms with Crippen molar-refractivity contribution in [2.75, 3.05) is 13.2 Å². The van der Waals surface area contributed by atoms with E-state index in [9.17, 15) is 32.3 Å². The number of aromatic nitrogens is 2. The van der Waals surface area contributed by atoms with Gasteiger partial charge in [-0.1, -0.05) is 0 Å². The molecule has 0 spiro atoms. The molecule has 1 aliphatic rings. The van der Waals surface area contributed by atoms with Crippen LogP contribution in [-0.4, -0.2) is 52.3 Å². The number of thiazole rings is 1. The van der Waals surface area contributed by atoms with Crippen LogP contribution in [-0.2, 0) is 16.8 Å². The van der Waals surface area contributed by atoms with Gasteiger partial charge in [-0.15, -0.1) is 11.3 Å². The van der Waals surface area contributed by atoms with Crippen molar-refractivity contribution in [2.45, 2.75) is 51.0 Å². The summed E-state index contributed by atoms with van der Waals surface area (Å²) in [6.07, 6.45) is -2.44. The molecule has 0 saturated heterocycles. The summed E-state index contributed by atoms with van der Waals surface area (Å²) >= 11 is 1.37. The summed E-state index contributed by atoms with van der Waals surface area (Å²) in [5, 5.41) is 14.2. The number of carbonyl (C=O) groups excluding carboxylic acids is 2. The molecule has 0 aliphatic heterocycles. The number of nitrogens with zero attached hydrogens (tertiary/aromatic N) is 2. The third kappa shape index (κ3) is 7.12. The molecule has 4 aromatic rings. The van der Waals surface area contributed by atoms with Crippen molar-refractivity contribution in [1.29, 1.82) is 0 Å². The fourth-order valence-electron chi connectivity index (χ4n) is 4.69. The molecule has 0 bridgehead atoms. The highest BCUT2D eigenvalue weighted by Crippen LogP contribution is 2.42. The lowest BCUT2D eigenvalue weighted by Gasteiger charge is -2.31. The van der Waals surface area contributed by atoms with Gasteiger partial charge in [0.05, 0.1) is 41.3 Å². The molecule has 2 aromatic carbocycles. The average Bonchev–Trinajstić information content (AvgIpc) is 3.72. The van der Waals surface area contributed by atoms with Crippen LogP contribution in [0.15, 0.2) is 54.7 Å². The second-order valence-corrected chi connectivity index (χ2v) is 12.0. The number of carbonyl (C=O) groups is 2. The first-order chi connectivity index (χ1) is 21.8. The van der Waals surface area contributed by atoms with E-state index in [0.29, 0.717) is 16.2 Å². The molecule has 2 heterocycles. The number of ether oxygens (including phenoxy) is 2. The third-order valence-corrected chi connectivity index (χ3v) is 8.11. The van der Waals surface area contributed by atoms with Crippen LogP contribution in [0.25, 0.3) is 21.7 Å². The molecule has 9 nitrogen and oxygen atoms in total. The van der Waals surface area contributed by atoms with Gasteiger partial charge in [0.25, 0.3) is 5.91 Å². The molecule has 1 saturated carbocycles. The molecule has 46 heavy (non-hydrogen) atoms. The molecule has 14 heteroatoms. The van der Waals surface area contributed by atoms with Crippen molar-refractivity contribution < 1.29 is 41.7 Å². The van der Waals surface area contributed by atoms with Gasteiger partial charge in [-0.25, -0.2) is 14.4 Å². The van der Waals surface area contributed by atoms with Crippen molar-refractivity contribution in [1.82, 2.24) is 15.3 Å². The van der Waals surface area contributed by atoms with Gasteiger partial charge in [0.1, 0.15) is 23.0 Å². The molecule has 0 radical (unpaired) electrons. The topological polar surface area (TPSA) is 137 Å². The maximum atomic E-state index is 14.7. The highest BCUT2D eigenvalue weighted by molar-refractivity contribution is 7.15. The van der Waals surface area contributed by atoms with Crippen LogP contribution in [0.3, 0.4) is 0 Å². The van der Waals surface area contributed by atoms with Crippen LogP contribution in [0.2, 0.25) is 0 Å². The minimum Gasteiger partial charge on any atom is -0.491 e. The van der Waals surface area contributed by atoms with Crippen LogP contribution in [0.4, 0.5) is 17.6 Å². The monoisotopic (exact) mass is 658 g/mol. The minimum absolute atomic E-state index is 0.0230. The molecule has 242 valence electrons. The number of amides is 2. The predicted molar refractivity (Wildman–Crippen MR) is 162 cm³/mol. The van der Waals surface area contributed by atoms with Gasteiger partial charge in [0.2, 0.25) is 11.5 Å². The van der Waals surface area contributed by atoms with Crippen LogP contribution in [0.5, 0.6) is 11.5 Å². The SMILES string of the molecule is CCOc1c(CC(N)=O)cc([C@@](O)(CNC(=O)c2ccc(OC3CC3)c(-c3cnc(C)s3)c2)C(F)(F)F)nc1-c1ccc(F)cc1. The van der Waals surface area contributed by atoms with Gasteiger partial charge < -0.3 is 25.6 Å². The number of alkyl halides is 3.